The van der Waals surface area contributed by atoms with Crippen LogP contribution in [0.5, 0.6) is 11.5 Å². The Balaban J connectivity index is 2.28. The number of nitriles is 1. The fourth-order valence-corrected chi connectivity index (χ4v) is 2.03. The zero-order chi connectivity index (χ0) is 13.8. The van der Waals surface area contributed by atoms with Gasteiger partial charge in [-0.3, -0.25) is 0 Å². The van der Waals surface area contributed by atoms with E-state index in [1.165, 1.54) is 17.7 Å². The predicted octanol–water partition coefficient (Wildman–Crippen LogP) is 4.81. The lowest BCUT2D eigenvalue weighted by molar-refractivity contribution is 0.440. The van der Waals surface area contributed by atoms with Crippen molar-refractivity contribution in [2.24, 2.45) is 0 Å². The molecule has 2 nitrogen and oxygen atoms in total. The van der Waals surface area contributed by atoms with Crippen molar-refractivity contribution in [1.29, 1.82) is 5.26 Å². The standard InChI is InChI=1S/C15H11BrFNO/c1-2-10-3-6-12(7-4-10)19-13-8-5-11(9-18)14(16)15(13)17/h3-8H,2H2,1H3. The molecule has 0 heterocycles. The molecule has 0 aliphatic rings. The van der Waals surface area contributed by atoms with Crippen molar-refractivity contribution in [3.63, 3.8) is 0 Å². The summed E-state index contributed by atoms with van der Waals surface area (Å²) in [5, 5.41) is 8.79. The topological polar surface area (TPSA) is 33.0 Å². The third-order valence-electron chi connectivity index (χ3n) is 2.73. The van der Waals surface area contributed by atoms with E-state index in [1.54, 1.807) is 12.1 Å². The van der Waals surface area contributed by atoms with Crippen molar-refractivity contribution in [3.8, 4) is 17.6 Å². The first kappa shape index (κ1) is 13.6. The van der Waals surface area contributed by atoms with Gasteiger partial charge in [-0.25, -0.2) is 4.39 Å². The normalized spacial score (nSPS) is 10.0. The highest BCUT2D eigenvalue weighted by atomic mass is 79.9. The maximum Gasteiger partial charge on any atom is 0.181 e. The molecular weight excluding hydrogens is 309 g/mol. The summed E-state index contributed by atoms with van der Waals surface area (Å²) in [6.07, 6.45) is 0.942. The molecule has 0 fully saturated rings. The molecule has 96 valence electrons. The Labute approximate surface area is 119 Å². The molecule has 2 aromatic rings. The molecule has 4 heteroatoms. The smallest absolute Gasteiger partial charge is 0.181 e. The van der Waals surface area contributed by atoms with Crippen LogP contribution in [-0.2, 0) is 6.42 Å². The quantitative estimate of drug-likeness (QED) is 0.813. The number of hydrogen-bond donors (Lipinski definition) is 0. The Hall–Kier alpha value is -1.86. The second-order valence-corrected chi connectivity index (χ2v) is 4.74. The maximum atomic E-state index is 14.0. The van der Waals surface area contributed by atoms with Crippen molar-refractivity contribution in [1.82, 2.24) is 0 Å². The summed E-state index contributed by atoms with van der Waals surface area (Å²) in [4.78, 5) is 0. The van der Waals surface area contributed by atoms with Gasteiger partial charge in [0.1, 0.15) is 11.8 Å². The lowest BCUT2D eigenvalue weighted by Crippen LogP contribution is -1.92. The van der Waals surface area contributed by atoms with Crippen LogP contribution in [0, 0.1) is 17.1 Å². The molecule has 2 aromatic carbocycles. The molecule has 0 amide bonds. The summed E-state index contributed by atoms with van der Waals surface area (Å²) in [6, 6.07) is 12.3. The van der Waals surface area contributed by atoms with E-state index in [0.29, 0.717) is 5.75 Å². The Morgan fingerprint density at radius 1 is 1.21 bits per heavy atom. The number of rotatable bonds is 3. The van der Waals surface area contributed by atoms with Crippen LogP contribution in [0.4, 0.5) is 4.39 Å². The van der Waals surface area contributed by atoms with Crippen LogP contribution in [0.15, 0.2) is 40.9 Å². The summed E-state index contributed by atoms with van der Waals surface area (Å²) in [7, 11) is 0. The van der Waals surface area contributed by atoms with E-state index in [1.807, 2.05) is 18.2 Å². The fourth-order valence-electron chi connectivity index (χ4n) is 1.62. The lowest BCUT2D eigenvalue weighted by Gasteiger charge is -2.09. The van der Waals surface area contributed by atoms with Crippen LogP contribution in [-0.4, -0.2) is 0 Å². The van der Waals surface area contributed by atoms with Gasteiger partial charge in [0.05, 0.1) is 10.0 Å². The highest BCUT2D eigenvalue weighted by Crippen LogP contribution is 2.31. The molecule has 0 bridgehead atoms. The third kappa shape index (κ3) is 2.94. The average molecular weight is 320 g/mol. The van der Waals surface area contributed by atoms with Crippen molar-refractivity contribution >= 4 is 15.9 Å². The van der Waals surface area contributed by atoms with Gasteiger partial charge in [-0.05, 0) is 52.2 Å². The van der Waals surface area contributed by atoms with Gasteiger partial charge in [-0.2, -0.15) is 5.26 Å². The lowest BCUT2D eigenvalue weighted by atomic mass is 10.2. The summed E-state index contributed by atoms with van der Waals surface area (Å²) < 4.78 is 19.6. The van der Waals surface area contributed by atoms with Crippen molar-refractivity contribution in [2.75, 3.05) is 0 Å². The van der Waals surface area contributed by atoms with Crippen molar-refractivity contribution in [3.05, 3.63) is 57.8 Å². The molecule has 2 rings (SSSR count). The zero-order valence-electron chi connectivity index (χ0n) is 10.3. The Kier molecular flexibility index (Phi) is 4.18. The number of nitrogens with zero attached hydrogens (tertiary/aromatic N) is 1. The molecule has 0 aromatic heterocycles. The van der Waals surface area contributed by atoms with Crippen LogP contribution in [0.2, 0.25) is 0 Å². The van der Waals surface area contributed by atoms with Crippen LogP contribution in [0.25, 0.3) is 0 Å². The second kappa shape index (κ2) is 5.85. The number of halogens is 2. The van der Waals surface area contributed by atoms with E-state index in [-0.39, 0.29) is 15.8 Å². The monoisotopic (exact) mass is 319 g/mol. The van der Waals surface area contributed by atoms with E-state index < -0.39 is 5.82 Å². The van der Waals surface area contributed by atoms with Crippen LogP contribution >= 0.6 is 15.9 Å². The van der Waals surface area contributed by atoms with Gasteiger partial charge in [0.25, 0.3) is 0 Å². The molecule has 0 aliphatic heterocycles. The van der Waals surface area contributed by atoms with Gasteiger partial charge < -0.3 is 4.74 Å². The van der Waals surface area contributed by atoms with Crippen molar-refractivity contribution in [2.45, 2.75) is 13.3 Å². The second-order valence-electron chi connectivity index (χ2n) is 3.95. The largest absolute Gasteiger partial charge is 0.454 e. The Morgan fingerprint density at radius 3 is 2.47 bits per heavy atom. The van der Waals surface area contributed by atoms with Crippen LogP contribution in [0.3, 0.4) is 0 Å². The minimum Gasteiger partial charge on any atom is -0.454 e. The first-order valence-corrected chi connectivity index (χ1v) is 6.60. The molecule has 0 spiro atoms. The van der Waals surface area contributed by atoms with E-state index in [0.717, 1.165) is 6.42 Å². The van der Waals surface area contributed by atoms with E-state index in [9.17, 15) is 4.39 Å². The molecule has 0 aliphatic carbocycles. The van der Waals surface area contributed by atoms with Gasteiger partial charge >= 0.3 is 0 Å². The molecule has 0 radical (unpaired) electrons. The van der Waals surface area contributed by atoms with E-state index in [4.69, 9.17) is 10.00 Å². The summed E-state index contributed by atoms with van der Waals surface area (Å²) in [5.41, 5.74) is 1.43. The van der Waals surface area contributed by atoms with Gasteiger partial charge in [-0.1, -0.05) is 19.1 Å². The first-order chi connectivity index (χ1) is 9.15. The maximum absolute atomic E-state index is 14.0. The Morgan fingerprint density at radius 2 is 1.89 bits per heavy atom. The molecule has 0 saturated carbocycles. The molecule has 0 N–H and O–H groups in total. The average Bonchev–Trinajstić information content (AvgIpc) is 2.45. The van der Waals surface area contributed by atoms with Crippen LogP contribution in [0.1, 0.15) is 18.1 Å². The highest BCUT2D eigenvalue weighted by Gasteiger charge is 2.12. The predicted molar refractivity (Wildman–Crippen MR) is 74.7 cm³/mol. The number of hydrogen-bond acceptors (Lipinski definition) is 2. The third-order valence-corrected chi connectivity index (χ3v) is 3.50. The number of ether oxygens (including phenoxy) is 1. The minimum absolute atomic E-state index is 0.0927. The first-order valence-electron chi connectivity index (χ1n) is 5.80. The summed E-state index contributed by atoms with van der Waals surface area (Å²) in [6.45, 7) is 2.06. The molecule has 0 atom stereocenters. The highest BCUT2D eigenvalue weighted by molar-refractivity contribution is 9.10. The fraction of sp³-hybridized carbons (Fsp3) is 0.133. The van der Waals surface area contributed by atoms with Gasteiger partial charge in [0.15, 0.2) is 11.6 Å². The van der Waals surface area contributed by atoms with Crippen LogP contribution < -0.4 is 4.74 Å². The minimum atomic E-state index is -0.571. The molecular formula is C15H11BrFNO. The zero-order valence-corrected chi connectivity index (χ0v) is 11.9. The Bertz CT molecular complexity index is 632. The number of aryl methyl sites for hydroxylation is 1. The van der Waals surface area contributed by atoms with Gasteiger partial charge in [0, 0.05) is 0 Å². The SMILES string of the molecule is CCc1ccc(Oc2ccc(C#N)c(Br)c2F)cc1. The van der Waals surface area contributed by atoms with E-state index in [2.05, 4.69) is 22.9 Å². The summed E-state index contributed by atoms with van der Waals surface area (Å²) >= 11 is 3.05. The van der Waals surface area contributed by atoms with Crippen molar-refractivity contribution < 1.29 is 9.13 Å². The molecule has 19 heavy (non-hydrogen) atoms. The molecule has 0 unspecified atom stereocenters. The van der Waals surface area contributed by atoms with Gasteiger partial charge in [-0.15, -0.1) is 0 Å². The summed E-state index contributed by atoms with van der Waals surface area (Å²) in [5.74, 6) is 0.0847. The van der Waals surface area contributed by atoms with E-state index >= 15 is 0 Å². The molecule has 0 saturated heterocycles. The number of benzene rings is 2. The van der Waals surface area contributed by atoms with Gasteiger partial charge in [0.2, 0.25) is 0 Å².